The SMILES string of the molecule is CCCCCCCC(=O)OCC(O)CNCC1(C)CC(N)CC(C)(C)C1. The van der Waals surface area contributed by atoms with Gasteiger partial charge in [-0.2, -0.15) is 0 Å². The lowest BCUT2D eigenvalue weighted by Crippen LogP contribution is -2.47. The molecular formula is C21H42N2O3. The number of nitrogens with one attached hydrogen (secondary N) is 1. The lowest BCUT2D eigenvalue weighted by Gasteiger charge is -2.46. The highest BCUT2D eigenvalue weighted by molar-refractivity contribution is 5.69. The van der Waals surface area contributed by atoms with Gasteiger partial charge in [-0.1, -0.05) is 53.4 Å². The van der Waals surface area contributed by atoms with Crippen molar-refractivity contribution in [1.29, 1.82) is 0 Å². The largest absolute Gasteiger partial charge is 0.463 e. The summed E-state index contributed by atoms with van der Waals surface area (Å²) in [5.74, 6) is -0.201. The molecule has 0 aromatic heterocycles. The average molecular weight is 371 g/mol. The molecule has 1 rings (SSSR count). The molecule has 0 aromatic rings. The topological polar surface area (TPSA) is 84.6 Å². The Kier molecular flexibility index (Phi) is 10.1. The summed E-state index contributed by atoms with van der Waals surface area (Å²) in [6.07, 6.45) is 8.55. The molecule has 1 aliphatic carbocycles. The van der Waals surface area contributed by atoms with E-state index in [0.717, 1.165) is 38.6 Å². The summed E-state index contributed by atoms with van der Waals surface area (Å²) in [5.41, 5.74) is 6.64. The molecule has 0 aliphatic heterocycles. The Morgan fingerprint density at radius 3 is 2.58 bits per heavy atom. The number of esters is 1. The molecule has 1 saturated carbocycles. The summed E-state index contributed by atoms with van der Waals surface area (Å²) in [6, 6.07) is 0.244. The second-order valence-electron chi connectivity index (χ2n) is 9.45. The first-order chi connectivity index (χ1) is 12.2. The Balaban J connectivity index is 2.16. The number of unbranched alkanes of at least 4 members (excludes halogenated alkanes) is 4. The Labute approximate surface area is 160 Å². The molecular weight excluding hydrogens is 328 g/mol. The summed E-state index contributed by atoms with van der Waals surface area (Å²) < 4.78 is 5.18. The minimum absolute atomic E-state index is 0.0719. The van der Waals surface area contributed by atoms with Crippen LogP contribution in [0.1, 0.15) is 85.5 Å². The van der Waals surface area contributed by atoms with Gasteiger partial charge in [-0.3, -0.25) is 4.79 Å². The first-order valence-electron chi connectivity index (χ1n) is 10.5. The molecule has 5 heteroatoms. The van der Waals surface area contributed by atoms with Crippen LogP contribution in [-0.2, 0) is 9.53 Å². The van der Waals surface area contributed by atoms with Gasteiger partial charge in [0.2, 0.25) is 0 Å². The van der Waals surface area contributed by atoms with Gasteiger partial charge in [0, 0.05) is 25.6 Å². The van der Waals surface area contributed by atoms with Crippen molar-refractivity contribution in [1.82, 2.24) is 5.32 Å². The van der Waals surface area contributed by atoms with E-state index in [1.54, 1.807) is 0 Å². The van der Waals surface area contributed by atoms with Crippen molar-refractivity contribution in [2.75, 3.05) is 19.7 Å². The summed E-state index contributed by atoms with van der Waals surface area (Å²) in [4.78, 5) is 11.7. The predicted octanol–water partition coefficient (Wildman–Crippen LogP) is 3.38. The van der Waals surface area contributed by atoms with E-state index in [4.69, 9.17) is 10.5 Å². The van der Waals surface area contributed by atoms with E-state index in [2.05, 4.69) is 33.0 Å². The quantitative estimate of drug-likeness (QED) is 0.362. The van der Waals surface area contributed by atoms with Crippen LogP contribution in [0.4, 0.5) is 0 Å². The second kappa shape index (κ2) is 11.3. The number of aliphatic hydroxyl groups excluding tert-OH is 1. The normalized spacial score (nSPS) is 26.5. The summed E-state index contributed by atoms with van der Waals surface area (Å²) in [6.45, 7) is 10.3. The van der Waals surface area contributed by atoms with E-state index in [9.17, 15) is 9.90 Å². The first-order valence-corrected chi connectivity index (χ1v) is 10.5. The molecule has 0 bridgehead atoms. The van der Waals surface area contributed by atoms with Crippen molar-refractivity contribution in [3.63, 3.8) is 0 Å². The van der Waals surface area contributed by atoms with Crippen molar-refractivity contribution in [2.24, 2.45) is 16.6 Å². The number of hydrogen-bond donors (Lipinski definition) is 3. The standard InChI is InChI=1S/C21H42N2O3/c1-5-6-7-8-9-10-19(25)26-14-18(24)13-23-16-21(4)12-17(22)11-20(2,3)15-21/h17-18,23-24H,5-16,22H2,1-4H3. The van der Waals surface area contributed by atoms with Crippen molar-refractivity contribution >= 4 is 5.97 Å². The number of carbonyl (C=O) groups excluding carboxylic acids is 1. The highest BCUT2D eigenvalue weighted by Gasteiger charge is 2.39. The van der Waals surface area contributed by atoms with Gasteiger partial charge in [-0.15, -0.1) is 0 Å². The molecule has 3 atom stereocenters. The monoisotopic (exact) mass is 370 g/mol. The Bertz CT molecular complexity index is 414. The molecule has 0 spiro atoms. The van der Waals surface area contributed by atoms with Gasteiger partial charge in [0.05, 0.1) is 0 Å². The maximum Gasteiger partial charge on any atom is 0.305 e. The number of hydrogen-bond acceptors (Lipinski definition) is 5. The lowest BCUT2D eigenvalue weighted by atomic mass is 9.63. The highest BCUT2D eigenvalue weighted by atomic mass is 16.5. The van der Waals surface area contributed by atoms with Crippen LogP contribution in [0.15, 0.2) is 0 Å². The number of aliphatic hydroxyl groups is 1. The zero-order chi connectivity index (χ0) is 19.6. The van der Waals surface area contributed by atoms with Crippen LogP contribution in [0.2, 0.25) is 0 Å². The molecule has 1 fully saturated rings. The van der Waals surface area contributed by atoms with Crippen molar-refractivity contribution in [2.45, 2.75) is 97.6 Å². The van der Waals surface area contributed by atoms with E-state index in [1.807, 2.05) is 0 Å². The molecule has 4 N–H and O–H groups in total. The number of ether oxygens (including phenoxy) is 1. The van der Waals surface area contributed by atoms with E-state index in [0.29, 0.717) is 13.0 Å². The van der Waals surface area contributed by atoms with Gasteiger partial charge >= 0.3 is 5.97 Å². The third kappa shape index (κ3) is 9.89. The van der Waals surface area contributed by atoms with Gasteiger partial charge < -0.3 is 20.9 Å². The van der Waals surface area contributed by atoms with Gasteiger partial charge in [-0.25, -0.2) is 0 Å². The van der Waals surface area contributed by atoms with Gasteiger partial charge in [-0.05, 0) is 36.5 Å². The Morgan fingerprint density at radius 1 is 1.23 bits per heavy atom. The van der Waals surface area contributed by atoms with Crippen LogP contribution in [0.5, 0.6) is 0 Å². The second-order valence-corrected chi connectivity index (χ2v) is 9.45. The molecule has 154 valence electrons. The lowest BCUT2D eigenvalue weighted by molar-refractivity contribution is -0.146. The van der Waals surface area contributed by atoms with E-state index in [1.165, 1.54) is 19.3 Å². The maximum atomic E-state index is 11.7. The molecule has 0 saturated heterocycles. The molecule has 0 radical (unpaired) electrons. The van der Waals surface area contributed by atoms with Crippen LogP contribution in [-0.4, -0.2) is 42.9 Å². The molecule has 0 aromatic carbocycles. The smallest absolute Gasteiger partial charge is 0.305 e. The van der Waals surface area contributed by atoms with E-state index in [-0.39, 0.29) is 29.4 Å². The van der Waals surface area contributed by atoms with Gasteiger partial charge in [0.1, 0.15) is 12.7 Å². The van der Waals surface area contributed by atoms with E-state index < -0.39 is 6.10 Å². The molecule has 26 heavy (non-hydrogen) atoms. The maximum absolute atomic E-state index is 11.7. The van der Waals surface area contributed by atoms with Crippen LogP contribution in [0, 0.1) is 10.8 Å². The molecule has 0 amide bonds. The molecule has 1 aliphatic rings. The number of nitrogens with two attached hydrogens (primary N) is 1. The minimum atomic E-state index is -0.659. The minimum Gasteiger partial charge on any atom is -0.463 e. The fourth-order valence-electron chi connectivity index (χ4n) is 4.58. The Morgan fingerprint density at radius 2 is 1.92 bits per heavy atom. The molecule has 3 unspecified atom stereocenters. The van der Waals surface area contributed by atoms with Crippen LogP contribution >= 0.6 is 0 Å². The van der Waals surface area contributed by atoms with Crippen LogP contribution in [0.25, 0.3) is 0 Å². The summed E-state index contributed by atoms with van der Waals surface area (Å²) >= 11 is 0. The summed E-state index contributed by atoms with van der Waals surface area (Å²) in [5, 5.41) is 13.4. The van der Waals surface area contributed by atoms with Crippen molar-refractivity contribution < 1.29 is 14.6 Å². The number of carbonyl (C=O) groups is 1. The van der Waals surface area contributed by atoms with E-state index >= 15 is 0 Å². The Hall–Kier alpha value is -0.650. The fraction of sp³-hybridized carbons (Fsp3) is 0.952. The molecule has 5 nitrogen and oxygen atoms in total. The zero-order valence-corrected chi connectivity index (χ0v) is 17.5. The van der Waals surface area contributed by atoms with Crippen LogP contribution < -0.4 is 11.1 Å². The fourth-order valence-corrected chi connectivity index (χ4v) is 4.58. The van der Waals surface area contributed by atoms with Crippen LogP contribution in [0.3, 0.4) is 0 Å². The van der Waals surface area contributed by atoms with Gasteiger partial charge in [0.25, 0.3) is 0 Å². The van der Waals surface area contributed by atoms with Crippen molar-refractivity contribution in [3.8, 4) is 0 Å². The first kappa shape index (κ1) is 23.4. The third-order valence-electron chi connectivity index (χ3n) is 5.33. The number of rotatable bonds is 12. The van der Waals surface area contributed by atoms with Gasteiger partial charge in [0.15, 0.2) is 0 Å². The third-order valence-corrected chi connectivity index (χ3v) is 5.33. The molecule has 0 heterocycles. The average Bonchev–Trinajstić information content (AvgIpc) is 2.50. The highest BCUT2D eigenvalue weighted by Crippen LogP contribution is 2.45. The zero-order valence-electron chi connectivity index (χ0n) is 17.5. The predicted molar refractivity (Wildman–Crippen MR) is 107 cm³/mol. The summed E-state index contributed by atoms with van der Waals surface area (Å²) in [7, 11) is 0. The van der Waals surface area contributed by atoms with Crippen molar-refractivity contribution in [3.05, 3.63) is 0 Å².